The fourth-order valence-electron chi connectivity index (χ4n) is 2.42. The number of benzene rings is 2. The molecule has 0 aliphatic rings. The van der Waals surface area contributed by atoms with Crippen LogP contribution in [0.4, 0.5) is 0 Å². The maximum Gasteiger partial charge on any atom is 0.0450 e. The molecule has 102 valence electrons. The first-order chi connectivity index (χ1) is 10.4. The molecule has 0 saturated heterocycles. The minimum Gasteiger partial charge on any atom is -0.144 e. The molecule has 5 rings (SSSR count). The monoisotopic (exact) mass is 324 g/mol. The zero-order valence-corrected chi connectivity index (χ0v) is 13.6. The summed E-state index contributed by atoms with van der Waals surface area (Å²) in [6.45, 7) is 0. The normalized spacial score (nSPS) is 10.9. The Labute approximate surface area is 134 Å². The van der Waals surface area contributed by atoms with Gasteiger partial charge in [0.25, 0.3) is 0 Å². The Balaban J connectivity index is 0.000000123. The number of thiophene rings is 3. The molecule has 5 aromatic rings. The first-order valence-corrected chi connectivity index (χ1v) is 9.31. The molecule has 0 aliphatic carbocycles. The average molecular weight is 324 g/mol. The van der Waals surface area contributed by atoms with Crippen LogP contribution in [0.3, 0.4) is 0 Å². The SMILES string of the molecule is c1cc2sccc2s1.c1ccc2c(c1)ccc1sccc12. The molecule has 0 bridgehead atoms. The lowest BCUT2D eigenvalue weighted by atomic mass is 10.1. The van der Waals surface area contributed by atoms with Crippen molar-refractivity contribution in [1.82, 2.24) is 0 Å². The summed E-state index contributed by atoms with van der Waals surface area (Å²) < 4.78 is 4.20. The Kier molecular flexibility index (Phi) is 3.47. The molecule has 0 saturated carbocycles. The van der Waals surface area contributed by atoms with Gasteiger partial charge in [-0.3, -0.25) is 0 Å². The van der Waals surface area contributed by atoms with Crippen molar-refractivity contribution in [2.24, 2.45) is 0 Å². The first kappa shape index (κ1) is 13.0. The van der Waals surface area contributed by atoms with E-state index in [-0.39, 0.29) is 0 Å². The summed E-state index contributed by atoms with van der Waals surface area (Å²) in [6, 6.07) is 19.4. The van der Waals surface area contributed by atoms with E-state index in [2.05, 4.69) is 70.7 Å². The standard InChI is InChI=1S/C12H8S.C6H4S2/c1-2-4-10-9(3-1)5-6-12-11(10)7-8-13-12;1-3-7-6-2-4-8-5(1)6/h1-8H;1-4H. The summed E-state index contributed by atoms with van der Waals surface area (Å²) in [5.74, 6) is 0. The van der Waals surface area contributed by atoms with Crippen LogP contribution in [0.2, 0.25) is 0 Å². The summed E-state index contributed by atoms with van der Waals surface area (Å²) in [5.41, 5.74) is 0. The van der Waals surface area contributed by atoms with Gasteiger partial charge in [0.1, 0.15) is 0 Å². The van der Waals surface area contributed by atoms with Gasteiger partial charge in [0.15, 0.2) is 0 Å². The van der Waals surface area contributed by atoms with Gasteiger partial charge in [-0.1, -0.05) is 30.3 Å². The molecule has 3 heterocycles. The second-order valence-electron chi connectivity index (χ2n) is 4.69. The highest BCUT2D eigenvalue weighted by Crippen LogP contribution is 2.28. The lowest BCUT2D eigenvalue weighted by Gasteiger charge is -1.97. The van der Waals surface area contributed by atoms with E-state index in [9.17, 15) is 0 Å². The van der Waals surface area contributed by atoms with Crippen LogP contribution in [0.15, 0.2) is 70.7 Å². The molecule has 2 aromatic carbocycles. The highest BCUT2D eigenvalue weighted by atomic mass is 32.1. The van der Waals surface area contributed by atoms with Gasteiger partial charge in [0, 0.05) is 19.5 Å². The molecule has 0 unspecified atom stereocenters. The van der Waals surface area contributed by atoms with Crippen LogP contribution >= 0.6 is 34.0 Å². The highest BCUT2D eigenvalue weighted by Gasteiger charge is 1.99. The van der Waals surface area contributed by atoms with Crippen LogP contribution in [0.5, 0.6) is 0 Å². The van der Waals surface area contributed by atoms with E-state index in [1.807, 2.05) is 0 Å². The smallest absolute Gasteiger partial charge is 0.0450 e. The Morgan fingerprint density at radius 2 is 1.14 bits per heavy atom. The molecular formula is C18H12S3. The summed E-state index contributed by atoms with van der Waals surface area (Å²) in [5, 5.41) is 10.5. The van der Waals surface area contributed by atoms with Crippen LogP contribution in [0.25, 0.3) is 30.3 Å². The van der Waals surface area contributed by atoms with Gasteiger partial charge >= 0.3 is 0 Å². The van der Waals surface area contributed by atoms with Crippen LogP contribution < -0.4 is 0 Å². The van der Waals surface area contributed by atoms with Crippen molar-refractivity contribution >= 4 is 64.3 Å². The van der Waals surface area contributed by atoms with Crippen molar-refractivity contribution in [3.05, 3.63) is 70.7 Å². The van der Waals surface area contributed by atoms with Crippen molar-refractivity contribution < 1.29 is 0 Å². The molecule has 21 heavy (non-hydrogen) atoms. The summed E-state index contributed by atoms with van der Waals surface area (Å²) in [6.07, 6.45) is 0. The molecular weight excluding hydrogens is 312 g/mol. The van der Waals surface area contributed by atoms with Crippen molar-refractivity contribution in [2.45, 2.75) is 0 Å². The van der Waals surface area contributed by atoms with E-state index in [1.54, 1.807) is 34.0 Å². The van der Waals surface area contributed by atoms with E-state index in [4.69, 9.17) is 0 Å². The molecule has 0 radical (unpaired) electrons. The lowest BCUT2D eigenvalue weighted by Crippen LogP contribution is -1.70. The number of hydrogen-bond acceptors (Lipinski definition) is 3. The quantitative estimate of drug-likeness (QED) is 0.287. The van der Waals surface area contributed by atoms with Gasteiger partial charge in [-0.05, 0) is 51.2 Å². The minimum absolute atomic E-state index is 1.33. The van der Waals surface area contributed by atoms with Gasteiger partial charge in [0.05, 0.1) is 0 Å². The maximum atomic E-state index is 2.20. The summed E-state index contributed by atoms with van der Waals surface area (Å²) >= 11 is 5.41. The van der Waals surface area contributed by atoms with Gasteiger partial charge in [-0.2, -0.15) is 0 Å². The third kappa shape index (κ3) is 2.48. The average Bonchev–Trinajstić information content (AvgIpc) is 3.24. The molecule has 0 nitrogen and oxygen atoms in total. The van der Waals surface area contributed by atoms with Crippen molar-refractivity contribution in [3.8, 4) is 0 Å². The lowest BCUT2D eigenvalue weighted by molar-refractivity contribution is 1.81. The number of rotatable bonds is 0. The fourth-order valence-corrected chi connectivity index (χ4v) is 5.05. The Bertz CT molecular complexity index is 949. The van der Waals surface area contributed by atoms with E-state index in [0.717, 1.165) is 0 Å². The van der Waals surface area contributed by atoms with Gasteiger partial charge < -0.3 is 0 Å². The molecule has 3 aromatic heterocycles. The van der Waals surface area contributed by atoms with Gasteiger partial charge in [-0.25, -0.2) is 0 Å². The predicted molar refractivity (Wildman–Crippen MR) is 99.0 cm³/mol. The Morgan fingerprint density at radius 3 is 1.95 bits per heavy atom. The van der Waals surface area contributed by atoms with Crippen LogP contribution in [-0.2, 0) is 0 Å². The molecule has 0 amide bonds. The molecule has 0 atom stereocenters. The molecule has 0 fully saturated rings. The van der Waals surface area contributed by atoms with E-state index in [1.165, 1.54) is 30.3 Å². The van der Waals surface area contributed by atoms with Crippen molar-refractivity contribution in [3.63, 3.8) is 0 Å². The molecule has 0 aliphatic heterocycles. The zero-order valence-electron chi connectivity index (χ0n) is 11.2. The Hall–Kier alpha value is -1.68. The van der Waals surface area contributed by atoms with E-state index < -0.39 is 0 Å². The third-order valence-corrected chi connectivity index (χ3v) is 6.21. The van der Waals surface area contributed by atoms with Crippen molar-refractivity contribution in [1.29, 1.82) is 0 Å². The van der Waals surface area contributed by atoms with Crippen LogP contribution in [0, 0.1) is 0 Å². The largest absolute Gasteiger partial charge is 0.144 e. The first-order valence-electron chi connectivity index (χ1n) is 6.67. The molecule has 0 N–H and O–H groups in total. The second-order valence-corrected chi connectivity index (χ2v) is 7.53. The highest BCUT2D eigenvalue weighted by molar-refractivity contribution is 7.25. The zero-order chi connectivity index (χ0) is 14.1. The topological polar surface area (TPSA) is 0 Å². The van der Waals surface area contributed by atoms with Gasteiger partial charge in [-0.15, -0.1) is 34.0 Å². The van der Waals surface area contributed by atoms with E-state index >= 15 is 0 Å². The second kappa shape index (κ2) is 5.60. The molecule has 0 spiro atoms. The maximum absolute atomic E-state index is 2.20. The number of hydrogen-bond donors (Lipinski definition) is 0. The summed E-state index contributed by atoms with van der Waals surface area (Å²) in [7, 11) is 0. The van der Waals surface area contributed by atoms with E-state index in [0.29, 0.717) is 0 Å². The van der Waals surface area contributed by atoms with Crippen molar-refractivity contribution in [2.75, 3.05) is 0 Å². The third-order valence-electron chi connectivity index (χ3n) is 3.43. The number of fused-ring (bicyclic) bond motifs is 4. The fraction of sp³-hybridized carbons (Fsp3) is 0. The van der Waals surface area contributed by atoms with Crippen LogP contribution in [0.1, 0.15) is 0 Å². The van der Waals surface area contributed by atoms with Crippen LogP contribution in [-0.4, -0.2) is 0 Å². The predicted octanol–water partition coefficient (Wildman–Crippen LogP) is 7.02. The van der Waals surface area contributed by atoms with Gasteiger partial charge in [0.2, 0.25) is 0 Å². The minimum atomic E-state index is 1.33. The summed E-state index contributed by atoms with van der Waals surface area (Å²) in [4.78, 5) is 0. The molecule has 3 heteroatoms. The Morgan fingerprint density at radius 1 is 0.476 bits per heavy atom.